The van der Waals surface area contributed by atoms with E-state index >= 15 is 0 Å². The lowest BCUT2D eigenvalue weighted by Crippen LogP contribution is -1.57. The number of hydrogen-bond donors (Lipinski definition) is 0. The Bertz CT molecular complexity index is 197. The van der Waals surface area contributed by atoms with Crippen molar-refractivity contribution in [3.05, 3.63) is 29.5 Å². The highest BCUT2D eigenvalue weighted by molar-refractivity contribution is 5.38. The summed E-state index contributed by atoms with van der Waals surface area (Å²) in [5.41, 5.74) is 3.34. The molecule has 0 aromatic rings. The summed E-state index contributed by atoms with van der Waals surface area (Å²) in [6.07, 6.45) is 5.23. The molecule has 0 heterocycles. The van der Waals surface area contributed by atoms with Gasteiger partial charge in [-0.1, -0.05) is 6.08 Å². The molecule has 1 aliphatic rings. The van der Waals surface area contributed by atoms with Crippen LogP contribution in [0.25, 0.3) is 0 Å². The maximum atomic E-state index is 8.15. The Hall–Kier alpha value is -1.25. The first kappa shape index (κ1) is 3.92. The minimum atomic E-state index is 0.611. The molecule has 0 saturated carbocycles. The van der Waals surface area contributed by atoms with Gasteiger partial charge < -0.3 is 0 Å². The zero-order chi connectivity index (χ0) is 5.11. The molecule has 32 valence electrons. The Labute approximate surface area is 41.9 Å². The smallest absolute Gasteiger partial charge is 0.108 e. The fourth-order valence-electron chi connectivity index (χ4n) is 0.400. The molecule has 0 aromatic heterocycles. The summed E-state index contributed by atoms with van der Waals surface area (Å²) in [5.74, 6) is 0. The summed E-state index contributed by atoms with van der Waals surface area (Å²) in [7, 11) is 0. The monoisotopic (exact) mass is 89.0 g/mol. The molecule has 0 radical (unpaired) electrons. The van der Waals surface area contributed by atoms with E-state index in [9.17, 15) is 0 Å². The van der Waals surface area contributed by atoms with Crippen LogP contribution in [0.3, 0.4) is 0 Å². The molecule has 1 rings (SSSR count). The lowest BCUT2D eigenvalue weighted by Gasteiger charge is -1.65. The van der Waals surface area contributed by atoms with Gasteiger partial charge in [-0.3, -0.25) is 0 Å². The van der Waals surface area contributed by atoms with Crippen molar-refractivity contribution >= 4 is 0 Å². The van der Waals surface area contributed by atoms with Crippen LogP contribution >= 0.6 is 0 Å². The Kier molecular flexibility index (Phi) is 0.822. The van der Waals surface area contributed by atoms with Crippen molar-refractivity contribution in [2.75, 3.05) is 0 Å². The summed E-state index contributed by atoms with van der Waals surface area (Å²) in [6.45, 7) is 0. The van der Waals surface area contributed by atoms with Gasteiger partial charge in [0.2, 0.25) is 0 Å². The molecule has 0 atom stereocenters. The van der Waals surface area contributed by atoms with E-state index in [1.165, 1.54) is 0 Å². The summed E-state index contributed by atoms with van der Waals surface area (Å²) in [6, 6.07) is 1.95. The molecule has 1 aliphatic carbocycles. The molecule has 0 aliphatic heterocycles. The maximum Gasteiger partial charge on any atom is 0.108 e. The van der Waals surface area contributed by atoms with E-state index in [2.05, 4.69) is 5.73 Å². The van der Waals surface area contributed by atoms with Gasteiger partial charge in [-0.15, -0.1) is 5.73 Å². The number of rotatable bonds is 0. The largest absolute Gasteiger partial charge is 0.192 e. The first-order chi connectivity index (χ1) is 3.43. The second-order valence-electron chi connectivity index (χ2n) is 1.20. The third kappa shape index (κ3) is 0.598. The van der Waals surface area contributed by atoms with Crippen LogP contribution in [0, 0.1) is 11.3 Å². The second kappa shape index (κ2) is 1.47. The molecule has 0 bridgehead atoms. The third-order valence-electron chi connectivity index (χ3n) is 0.718. The van der Waals surface area contributed by atoms with Crippen molar-refractivity contribution in [3.63, 3.8) is 0 Å². The van der Waals surface area contributed by atoms with Gasteiger partial charge in [0.25, 0.3) is 0 Å². The molecule has 0 spiro atoms. The standard InChI is InChI=1S/C6H3N/c7-5-6-3-1-2-4-6/h1-3H. The average Bonchev–Trinajstić information content (AvgIpc) is 2.14. The van der Waals surface area contributed by atoms with Gasteiger partial charge in [-0.2, -0.15) is 5.26 Å². The molecule has 7 heavy (non-hydrogen) atoms. The molecule has 0 unspecified atom stereocenters. The fraction of sp³-hybridized carbons (Fsp3) is 0. The summed E-state index contributed by atoms with van der Waals surface area (Å²) < 4.78 is 0. The third-order valence-corrected chi connectivity index (χ3v) is 0.718. The van der Waals surface area contributed by atoms with E-state index < -0.39 is 0 Å². The van der Waals surface area contributed by atoms with E-state index in [0.29, 0.717) is 5.57 Å². The topological polar surface area (TPSA) is 23.8 Å². The van der Waals surface area contributed by atoms with Crippen LogP contribution in [0.5, 0.6) is 0 Å². The van der Waals surface area contributed by atoms with Crippen LogP contribution in [0.2, 0.25) is 0 Å². The molecule has 0 saturated heterocycles. The van der Waals surface area contributed by atoms with Gasteiger partial charge in [-0.05, 0) is 12.2 Å². The first-order valence-corrected chi connectivity index (χ1v) is 1.97. The van der Waals surface area contributed by atoms with E-state index in [1.807, 2.05) is 6.07 Å². The summed E-state index contributed by atoms with van der Waals surface area (Å²) >= 11 is 0. The van der Waals surface area contributed by atoms with Crippen molar-refractivity contribution in [1.82, 2.24) is 0 Å². The van der Waals surface area contributed by atoms with Crippen LogP contribution in [-0.2, 0) is 0 Å². The van der Waals surface area contributed by atoms with Crippen LogP contribution in [0.4, 0.5) is 0 Å². The molecular formula is C6H3N. The van der Waals surface area contributed by atoms with E-state index in [-0.39, 0.29) is 0 Å². The normalized spacial score (nSPS) is 13.9. The first-order valence-electron chi connectivity index (χ1n) is 1.97. The predicted molar refractivity (Wildman–Crippen MR) is 26.3 cm³/mol. The lowest BCUT2D eigenvalue weighted by molar-refractivity contribution is 1.51. The van der Waals surface area contributed by atoms with Crippen molar-refractivity contribution in [2.24, 2.45) is 0 Å². The van der Waals surface area contributed by atoms with Crippen LogP contribution in [0.15, 0.2) is 29.5 Å². The number of hydrogen-bond acceptors (Lipinski definition) is 1. The number of nitriles is 1. The van der Waals surface area contributed by atoms with Crippen molar-refractivity contribution in [2.45, 2.75) is 0 Å². The number of allylic oxidation sites excluding steroid dienone is 3. The van der Waals surface area contributed by atoms with Crippen LogP contribution < -0.4 is 0 Å². The summed E-state index contributed by atoms with van der Waals surface area (Å²) in [4.78, 5) is 0. The zero-order valence-corrected chi connectivity index (χ0v) is 3.68. The molecule has 0 aromatic carbocycles. The van der Waals surface area contributed by atoms with Crippen molar-refractivity contribution in [3.8, 4) is 6.07 Å². The Morgan fingerprint density at radius 2 is 2.57 bits per heavy atom. The van der Waals surface area contributed by atoms with Crippen molar-refractivity contribution < 1.29 is 0 Å². The molecule has 0 amide bonds. The zero-order valence-electron chi connectivity index (χ0n) is 3.68. The second-order valence-corrected chi connectivity index (χ2v) is 1.20. The Balaban J connectivity index is 2.99. The molecule has 1 heteroatoms. The SMILES string of the molecule is N#CC1=C=CC=C1. The fourth-order valence-corrected chi connectivity index (χ4v) is 0.400. The molecule has 1 nitrogen and oxygen atoms in total. The molecule has 0 N–H and O–H groups in total. The Morgan fingerprint density at radius 3 is 2.86 bits per heavy atom. The van der Waals surface area contributed by atoms with E-state index in [4.69, 9.17) is 5.26 Å². The van der Waals surface area contributed by atoms with Crippen molar-refractivity contribution in [1.29, 1.82) is 5.26 Å². The highest BCUT2D eigenvalue weighted by Gasteiger charge is 1.85. The lowest BCUT2D eigenvalue weighted by atomic mass is 10.3. The van der Waals surface area contributed by atoms with E-state index in [0.717, 1.165) is 0 Å². The maximum absolute atomic E-state index is 8.15. The minimum Gasteiger partial charge on any atom is -0.192 e. The highest BCUT2D eigenvalue weighted by Crippen LogP contribution is 1.97. The summed E-state index contributed by atoms with van der Waals surface area (Å²) in [5, 5.41) is 8.15. The van der Waals surface area contributed by atoms with Crippen LogP contribution in [0.1, 0.15) is 0 Å². The van der Waals surface area contributed by atoms with Gasteiger partial charge in [0, 0.05) is 0 Å². The average molecular weight is 89.1 g/mol. The molecular weight excluding hydrogens is 86.1 g/mol. The van der Waals surface area contributed by atoms with E-state index in [1.54, 1.807) is 18.2 Å². The van der Waals surface area contributed by atoms with Gasteiger partial charge >= 0.3 is 0 Å². The van der Waals surface area contributed by atoms with Gasteiger partial charge in [-0.25, -0.2) is 0 Å². The minimum absolute atomic E-state index is 0.611. The number of nitrogens with zero attached hydrogens (tertiary/aromatic N) is 1. The predicted octanol–water partition coefficient (Wildman–Crippen LogP) is 1.16. The highest BCUT2D eigenvalue weighted by atomic mass is 14.2. The van der Waals surface area contributed by atoms with Crippen LogP contribution in [-0.4, -0.2) is 0 Å². The Morgan fingerprint density at radius 1 is 1.71 bits per heavy atom. The van der Waals surface area contributed by atoms with Gasteiger partial charge in [0.1, 0.15) is 6.07 Å². The van der Waals surface area contributed by atoms with Gasteiger partial charge in [0.05, 0.1) is 5.57 Å². The molecule has 0 fully saturated rings. The van der Waals surface area contributed by atoms with Gasteiger partial charge in [0.15, 0.2) is 0 Å². The quantitative estimate of drug-likeness (QED) is 0.408.